The van der Waals surface area contributed by atoms with Crippen LogP contribution in [0.1, 0.15) is 61.7 Å². The third-order valence-electron chi connectivity index (χ3n) is 11.7. The van der Waals surface area contributed by atoms with Crippen LogP contribution in [0.3, 0.4) is 0 Å². The van der Waals surface area contributed by atoms with Gasteiger partial charge in [0.05, 0.1) is 11.0 Å². The molecule has 5 aromatic carbocycles. The van der Waals surface area contributed by atoms with Crippen LogP contribution in [0.15, 0.2) is 107 Å². The van der Waals surface area contributed by atoms with Crippen molar-refractivity contribution >= 4 is 56.7 Å². The summed E-state index contributed by atoms with van der Waals surface area (Å²) in [5.74, 6) is 1.99. The monoisotopic (exact) mass is 652 g/mol. The van der Waals surface area contributed by atoms with Gasteiger partial charge in [-0.1, -0.05) is 86.5 Å². The van der Waals surface area contributed by atoms with E-state index < -0.39 is 0 Å². The van der Waals surface area contributed by atoms with E-state index in [-0.39, 0.29) is 12.1 Å². The molecular weight excluding hydrogens is 615 g/mol. The van der Waals surface area contributed by atoms with E-state index in [0.717, 1.165) is 30.8 Å². The third-order valence-corrected chi connectivity index (χ3v) is 12.8. The molecule has 5 heteroatoms. The summed E-state index contributed by atoms with van der Waals surface area (Å²) in [6, 6.07) is 36.9. The van der Waals surface area contributed by atoms with Crippen LogP contribution in [0.2, 0.25) is 0 Å². The second kappa shape index (κ2) is 9.98. The highest BCUT2D eigenvalue weighted by molar-refractivity contribution is 8.00. The molecule has 0 N–H and O–H groups in total. The van der Waals surface area contributed by atoms with Crippen LogP contribution in [0.5, 0.6) is 11.5 Å². The predicted molar refractivity (Wildman–Crippen MR) is 205 cm³/mol. The van der Waals surface area contributed by atoms with E-state index in [2.05, 4.69) is 127 Å². The Morgan fingerprint density at radius 1 is 0.612 bits per heavy atom. The van der Waals surface area contributed by atoms with Gasteiger partial charge in [0, 0.05) is 49.4 Å². The highest BCUT2D eigenvalue weighted by atomic mass is 32.2. The molecule has 0 saturated heterocycles. The molecule has 4 aliphatic rings. The van der Waals surface area contributed by atoms with Gasteiger partial charge in [0.1, 0.15) is 11.5 Å². The fourth-order valence-electron chi connectivity index (χ4n) is 9.44. The molecule has 2 aliphatic carbocycles. The average molecular weight is 653 g/mol. The Kier molecular flexibility index (Phi) is 5.76. The van der Waals surface area contributed by atoms with Crippen molar-refractivity contribution in [3.05, 3.63) is 125 Å². The van der Waals surface area contributed by atoms with E-state index in [1.54, 1.807) is 5.56 Å². The zero-order valence-electron chi connectivity index (χ0n) is 28.3. The molecule has 4 heterocycles. The van der Waals surface area contributed by atoms with Gasteiger partial charge in [-0.25, -0.2) is 0 Å². The minimum Gasteiger partial charge on any atom is -0.458 e. The van der Waals surface area contributed by atoms with E-state index in [1.807, 2.05) is 11.8 Å². The number of hydrogen-bond donors (Lipinski definition) is 0. The number of hydrogen-bond acceptors (Lipinski definition) is 2. The lowest BCUT2D eigenvalue weighted by Crippen LogP contribution is -2.57. The topological polar surface area (TPSA) is 19.1 Å². The molecule has 11 rings (SSSR count). The summed E-state index contributed by atoms with van der Waals surface area (Å²) in [4.78, 5) is 2.67. The Balaban J connectivity index is 1.11. The molecule has 0 spiro atoms. The number of aromatic nitrogens is 2. The predicted octanol–water partition coefficient (Wildman–Crippen LogP) is 8.94. The lowest BCUT2D eigenvalue weighted by Gasteiger charge is -2.35. The van der Waals surface area contributed by atoms with Gasteiger partial charge in [-0.15, -0.1) is 0 Å². The molecule has 0 unspecified atom stereocenters. The standard InChI is InChI=1S/C44H37BN2OS/c1-44(2,3)26-22-40-43-42(23-26)49-41-25-28(47-36-15-7-5-11-30(36)32-13-9-17-38(32)47)19-21-34(41)45(43)33-20-18-27(24-39(33)48-40)46-35-14-6-4-10-29(35)31-12-8-16-37(31)46/h4-7,10-11,14-15,18-25H,8-9,12-13,16-17H2,1-3H3. The number of ether oxygens (including phenoxy) is 1. The summed E-state index contributed by atoms with van der Waals surface area (Å²) in [5, 5.41) is 2.81. The van der Waals surface area contributed by atoms with Crippen molar-refractivity contribution in [2.24, 2.45) is 0 Å². The summed E-state index contributed by atoms with van der Waals surface area (Å²) in [6.45, 7) is 7.05. The van der Waals surface area contributed by atoms with Crippen LogP contribution in [0.25, 0.3) is 33.2 Å². The van der Waals surface area contributed by atoms with Gasteiger partial charge in [-0.3, -0.25) is 0 Å². The first-order chi connectivity index (χ1) is 23.9. The second-order valence-electron chi connectivity index (χ2n) is 15.5. The van der Waals surface area contributed by atoms with Gasteiger partial charge in [0.25, 0.3) is 6.71 Å². The number of aryl methyl sites for hydroxylation is 2. The number of benzene rings is 5. The maximum Gasteiger partial charge on any atom is 0.253 e. The molecule has 7 aromatic rings. The Morgan fingerprint density at radius 3 is 1.88 bits per heavy atom. The normalized spacial score (nSPS) is 15.6. The Labute approximate surface area is 292 Å². The molecule has 0 bridgehead atoms. The molecule has 0 atom stereocenters. The van der Waals surface area contributed by atoms with Gasteiger partial charge >= 0.3 is 0 Å². The molecular formula is C44H37BN2OS. The molecule has 0 saturated carbocycles. The van der Waals surface area contributed by atoms with Gasteiger partial charge in [-0.05, 0) is 114 Å². The first-order valence-corrected chi connectivity index (χ1v) is 18.8. The van der Waals surface area contributed by atoms with E-state index in [1.165, 1.54) is 101 Å². The highest BCUT2D eigenvalue weighted by Gasteiger charge is 2.40. The quantitative estimate of drug-likeness (QED) is 0.174. The first kappa shape index (κ1) is 28.3. The van der Waals surface area contributed by atoms with Gasteiger partial charge in [0.15, 0.2) is 0 Å². The number of para-hydroxylation sites is 2. The fourth-order valence-corrected chi connectivity index (χ4v) is 10.7. The minimum absolute atomic E-state index is 0.00438. The molecule has 0 fully saturated rings. The average Bonchev–Trinajstić information content (AvgIpc) is 3.89. The van der Waals surface area contributed by atoms with Crippen molar-refractivity contribution in [1.29, 1.82) is 0 Å². The van der Waals surface area contributed by atoms with Crippen molar-refractivity contribution in [3.63, 3.8) is 0 Å². The van der Waals surface area contributed by atoms with Gasteiger partial charge in [0.2, 0.25) is 0 Å². The Hall–Kier alpha value is -4.61. The number of nitrogens with zero attached hydrogens (tertiary/aromatic N) is 2. The van der Waals surface area contributed by atoms with Gasteiger partial charge < -0.3 is 13.9 Å². The molecule has 0 radical (unpaired) electrons. The maximum atomic E-state index is 7.00. The van der Waals surface area contributed by atoms with Crippen LogP contribution in [-0.4, -0.2) is 15.8 Å². The Morgan fingerprint density at radius 2 is 1.22 bits per heavy atom. The van der Waals surface area contributed by atoms with Crippen LogP contribution in [0, 0.1) is 0 Å². The molecule has 3 nitrogen and oxygen atoms in total. The maximum absolute atomic E-state index is 7.00. The van der Waals surface area contributed by atoms with E-state index in [4.69, 9.17) is 4.74 Å². The van der Waals surface area contributed by atoms with E-state index in [9.17, 15) is 0 Å². The van der Waals surface area contributed by atoms with Crippen molar-refractivity contribution in [2.75, 3.05) is 0 Å². The second-order valence-corrected chi connectivity index (χ2v) is 16.6. The molecule has 2 aliphatic heterocycles. The van der Waals surface area contributed by atoms with Crippen LogP contribution < -0.4 is 21.1 Å². The minimum atomic E-state index is 0.00438. The van der Waals surface area contributed by atoms with Crippen molar-refractivity contribution in [1.82, 2.24) is 9.13 Å². The fraction of sp³-hybridized carbons (Fsp3) is 0.227. The van der Waals surface area contributed by atoms with Crippen molar-refractivity contribution in [3.8, 4) is 22.9 Å². The zero-order valence-corrected chi connectivity index (χ0v) is 29.1. The van der Waals surface area contributed by atoms with Crippen LogP contribution in [-0.2, 0) is 31.1 Å². The van der Waals surface area contributed by atoms with Crippen molar-refractivity contribution < 1.29 is 4.74 Å². The van der Waals surface area contributed by atoms with E-state index >= 15 is 0 Å². The number of fused-ring (bicyclic) bond motifs is 10. The Bertz CT molecular complexity index is 2400. The van der Waals surface area contributed by atoms with Gasteiger partial charge in [-0.2, -0.15) is 0 Å². The third kappa shape index (κ3) is 3.94. The zero-order chi connectivity index (χ0) is 32.6. The lowest BCUT2D eigenvalue weighted by molar-refractivity contribution is 0.481. The SMILES string of the molecule is CC(C)(C)c1cc2c3c(c1)Sc1cc(-n4c5c(c6ccccc64)CCC5)ccc1B3c1ccc(-n3c4c(c5ccccc53)CCC4)cc1O2. The van der Waals surface area contributed by atoms with E-state index in [0.29, 0.717) is 0 Å². The molecule has 49 heavy (non-hydrogen) atoms. The summed E-state index contributed by atoms with van der Waals surface area (Å²) in [6.07, 6.45) is 7.07. The van der Waals surface area contributed by atoms with Crippen LogP contribution in [0.4, 0.5) is 0 Å². The summed E-state index contributed by atoms with van der Waals surface area (Å²) in [5.41, 5.74) is 16.4. The first-order valence-electron chi connectivity index (χ1n) is 18.0. The smallest absolute Gasteiger partial charge is 0.253 e. The molecule has 0 amide bonds. The molecule has 2 aromatic heterocycles. The lowest BCUT2D eigenvalue weighted by atomic mass is 9.35. The molecule has 238 valence electrons. The summed E-state index contributed by atoms with van der Waals surface area (Å²) < 4.78 is 12.1. The van der Waals surface area contributed by atoms with Crippen LogP contribution >= 0.6 is 11.8 Å². The summed E-state index contributed by atoms with van der Waals surface area (Å²) >= 11 is 1.92. The largest absolute Gasteiger partial charge is 0.458 e. The number of rotatable bonds is 2. The van der Waals surface area contributed by atoms with Crippen molar-refractivity contribution in [2.45, 2.75) is 74.5 Å². The summed E-state index contributed by atoms with van der Waals surface area (Å²) in [7, 11) is 0. The highest BCUT2D eigenvalue weighted by Crippen LogP contribution is 2.43.